The van der Waals surface area contributed by atoms with Gasteiger partial charge >= 0.3 is 5.97 Å². The van der Waals surface area contributed by atoms with E-state index >= 15 is 0 Å². The van der Waals surface area contributed by atoms with Crippen LogP contribution in [0.15, 0.2) is 65.6 Å². The first-order valence-electron chi connectivity index (χ1n) is 10.7. The van der Waals surface area contributed by atoms with Gasteiger partial charge in [0.15, 0.2) is 0 Å². The van der Waals surface area contributed by atoms with Crippen LogP contribution in [-0.4, -0.2) is 32.8 Å². The third kappa shape index (κ3) is 3.83. The summed E-state index contributed by atoms with van der Waals surface area (Å²) in [6, 6.07) is 12.3. The molecule has 0 N–H and O–H groups in total. The van der Waals surface area contributed by atoms with Crippen molar-refractivity contribution in [3.05, 3.63) is 89.6 Å². The van der Waals surface area contributed by atoms with Gasteiger partial charge in [-0.3, -0.25) is 9.97 Å². The Hall–Kier alpha value is -4.33. The number of rotatable bonds is 5. The summed E-state index contributed by atoms with van der Waals surface area (Å²) < 4.78 is 25.6. The van der Waals surface area contributed by atoms with Crippen LogP contribution < -0.4 is 0 Å². The fraction of sp³-hybridized carbons (Fsp3) is 0.154. The predicted molar refractivity (Wildman–Crippen MR) is 125 cm³/mol. The number of nitrogens with zero attached hydrogens (tertiary/aromatic N) is 4. The van der Waals surface area contributed by atoms with E-state index in [9.17, 15) is 9.18 Å². The Balaban J connectivity index is 1.65. The Morgan fingerprint density at radius 1 is 1.06 bits per heavy atom. The van der Waals surface area contributed by atoms with Crippen LogP contribution in [0.4, 0.5) is 4.39 Å². The number of aryl methyl sites for hydroxylation is 2. The maximum Gasteiger partial charge on any atom is 0.337 e. The highest BCUT2D eigenvalue weighted by atomic mass is 19.1. The van der Waals surface area contributed by atoms with Crippen molar-refractivity contribution in [2.45, 2.75) is 20.4 Å². The molecular weight excluding hydrogens is 435 g/mol. The second-order valence-electron chi connectivity index (χ2n) is 8.00. The molecule has 1 aromatic carbocycles. The first-order chi connectivity index (χ1) is 16.4. The molecule has 4 heterocycles. The van der Waals surface area contributed by atoms with Gasteiger partial charge in [-0.2, -0.15) is 0 Å². The van der Waals surface area contributed by atoms with Gasteiger partial charge in [0, 0.05) is 29.1 Å². The number of fused-ring (bicyclic) bond motifs is 1. The third-order valence-electron chi connectivity index (χ3n) is 5.78. The van der Waals surface area contributed by atoms with Crippen molar-refractivity contribution >= 4 is 17.0 Å². The van der Waals surface area contributed by atoms with Crippen LogP contribution in [0.3, 0.4) is 0 Å². The lowest BCUT2D eigenvalue weighted by molar-refractivity contribution is 0.0600. The lowest BCUT2D eigenvalue weighted by Gasteiger charge is -2.06. The van der Waals surface area contributed by atoms with Gasteiger partial charge in [0.25, 0.3) is 0 Å². The largest absolute Gasteiger partial charge is 0.465 e. The summed E-state index contributed by atoms with van der Waals surface area (Å²) in [5.41, 5.74) is 7.26. The molecule has 0 radical (unpaired) electrons. The number of pyridine rings is 2. The van der Waals surface area contributed by atoms with Crippen molar-refractivity contribution in [3.8, 4) is 22.3 Å². The summed E-state index contributed by atoms with van der Waals surface area (Å²) in [6.07, 6.45) is 5.01. The van der Waals surface area contributed by atoms with Gasteiger partial charge in [-0.25, -0.2) is 9.18 Å². The quantitative estimate of drug-likeness (QED) is 0.332. The lowest BCUT2D eigenvalue weighted by atomic mass is 10.0. The van der Waals surface area contributed by atoms with Crippen molar-refractivity contribution in [2.75, 3.05) is 7.11 Å². The van der Waals surface area contributed by atoms with Crippen LogP contribution in [0.2, 0.25) is 0 Å². The van der Waals surface area contributed by atoms with Gasteiger partial charge in [-0.05, 0) is 49.7 Å². The molecule has 0 fully saturated rings. The van der Waals surface area contributed by atoms with Crippen LogP contribution in [0.1, 0.15) is 27.5 Å². The molecule has 0 aliphatic carbocycles. The molecule has 0 saturated heterocycles. The van der Waals surface area contributed by atoms with E-state index in [2.05, 4.69) is 10.1 Å². The third-order valence-corrected chi connectivity index (χ3v) is 5.78. The van der Waals surface area contributed by atoms with E-state index in [0.29, 0.717) is 17.8 Å². The number of esters is 1. The van der Waals surface area contributed by atoms with Gasteiger partial charge in [0.05, 0.1) is 47.8 Å². The van der Waals surface area contributed by atoms with Gasteiger partial charge in [-0.1, -0.05) is 17.3 Å². The summed E-state index contributed by atoms with van der Waals surface area (Å²) in [4.78, 5) is 20.8. The minimum atomic E-state index is -0.390. The average molecular weight is 456 g/mol. The highest BCUT2D eigenvalue weighted by Gasteiger charge is 2.18. The number of hydrogen-bond acceptors (Lipinski definition) is 6. The van der Waals surface area contributed by atoms with E-state index in [4.69, 9.17) is 14.2 Å². The highest BCUT2D eigenvalue weighted by molar-refractivity contribution is 5.96. The molecule has 0 aliphatic heterocycles. The van der Waals surface area contributed by atoms with Crippen molar-refractivity contribution in [3.63, 3.8) is 0 Å². The molecule has 170 valence electrons. The maximum absolute atomic E-state index is 13.4. The molecule has 0 atom stereocenters. The minimum absolute atomic E-state index is 0.380. The van der Waals surface area contributed by atoms with E-state index in [1.54, 1.807) is 18.2 Å². The van der Waals surface area contributed by atoms with Gasteiger partial charge in [-0.15, -0.1) is 0 Å². The van der Waals surface area contributed by atoms with E-state index in [0.717, 1.165) is 44.7 Å². The average Bonchev–Trinajstić information content (AvgIpc) is 3.38. The zero-order valence-electron chi connectivity index (χ0n) is 18.9. The molecule has 0 amide bonds. The normalized spacial score (nSPS) is 11.2. The monoisotopic (exact) mass is 456 g/mol. The minimum Gasteiger partial charge on any atom is -0.465 e. The summed E-state index contributed by atoms with van der Waals surface area (Å²) in [7, 11) is 1.35. The van der Waals surface area contributed by atoms with Crippen LogP contribution in [0.5, 0.6) is 0 Å². The van der Waals surface area contributed by atoms with Crippen LogP contribution in [0, 0.1) is 19.7 Å². The van der Waals surface area contributed by atoms with Crippen molar-refractivity contribution in [1.29, 1.82) is 0 Å². The highest BCUT2D eigenvalue weighted by Crippen LogP contribution is 2.34. The number of carbonyl (C=O) groups excluding carboxylic acids is 1. The molecule has 0 aliphatic rings. The predicted octanol–water partition coefficient (Wildman–Crippen LogP) is 5.34. The first-order valence-corrected chi connectivity index (χ1v) is 10.7. The van der Waals surface area contributed by atoms with E-state index in [1.165, 1.54) is 19.4 Å². The molecule has 0 unspecified atom stereocenters. The number of halogens is 1. The summed E-state index contributed by atoms with van der Waals surface area (Å²) in [5, 5.41) is 4.06. The van der Waals surface area contributed by atoms with Gasteiger partial charge in [0.2, 0.25) is 0 Å². The molecule has 5 aromatic rings. The van der Waals surface area contributed by atoms with Crippen LogP contribution in [0.25, 0.3) is 33.3 Å². The molecule has 4 aromatic heterocycles. The molecule has 0 spiro atoms. The Labute approximate surface area is 194 Å². The fourth-order valence-electron chi connectivity index (χ4n) is 4.12. The molecule has 7 nitrogen and oxygen atoms in total. The Morgan fingerprint density at radius 3 is 2.50 bits per heavy atom. The van der Waals surface area contributed by atoms with Crippen molar-refractivity contribution in [2.24, 2.45) is 0 Å². The van der Waals surface area contributed by atoms with E-state index < -0.39 is 5.97 Å². The maximum atomic E-state index is 13.4. The molecule has 0 saturated carbocycles. The number of aromatic nitrogens is 4. The number of hydrogen-bond donors (Lipinski definition) is 0. The van der Waals surface area contributed by atoms with E-state index in [-0.39, 0.29) is 5.82 Å². The molecule has 8 heteroatoms. The standard InChI is InChI=1S/C26H21FN4O3/c1-15-24(16(2)34-30-15)19-10-23-25(29-11-19)22(17-4-6-18(7-5-17)26(32)33-3)14-31(23)13-21-9-8-20(27)12-28-21/h4-12,14H,13H2,1-3H3. The Kier molecular flexibility index (Phi) is 5.41. The molecular formula is C26H21FN4O3. The van der Waals surface area contributed by atoms with Crippen molar-refractivity contribution < 1.29 is 18.4 Å². The van der Waals surface area contributed by atoms with Crippen LogP contribution >= 0.6 is 0 Å². The fourth-order valence-corrected chi connectivity index (χ4v) is 4.12. The van der Waals surface area contributed by atoms with Gasteiger partial charge in [0.1, 0.15) is 11.6 Å². The van der Waals surface area contributed by atoms with E-state index in [1.807, 2.05) is 49.0 Å². The summed E-state index contributed by atoms with van der Waals surface area (Å²) >= 11 is 0. The number of benzene rings is 1. The Bertz CT molecular complexity index is 1480. The van der Waals surface area contributed by atoms with Gasteiger partial charge < -0.3 is 13.8 Å². The Morgan fingerprint density at radius 2 is 1.85 bits per heavy atom. The second kappa shape index (κ2) is 8.55. The van der Waals surface area contributed by atoms with Crippen molar-refractivity contribution in [1.82, 2.24) is 19.7 Å². The SMILES string of the molecule is COC(=O)c1ccc(-c2cn(Cc3ccc(F)cn3)c3cc(-c4c(C)noc4C)cnc23)cc1. The van der Waals surface area contributed by atoms with Crippen LogP contribution in [-0.2, 0) is 11.3 Å². The summed E-state index contributed by atoms with van der Waals surface area (Å²) in [6.45, 7) is 4.20. The zero-order chi connectivity index (χ0) is 23.8. The number of carbonyl (C=O) groups is 1. The summed E-state index contributed by atoms with van der Waals surface area (Å²) in [5.74, 6) is -0.0518. The number of methoxy groups -OCH3 is 1. The second-order valence-corrected chi connectivity index (χ2v) is 8.00. The molecule has 0 bridgehead atoms. The lowest BCUT2D eigenvalue weighted by Crippen LogP contribution is -2.01. The number of ether oxygens (including phenoxy) is 1. The zero-order valence-corrected chi connectivity index (χ0v) is 18.9. The molecule has 5 rings (SSSR count). The molecule has 34 heavy (non-hydrogen) atoms. The smallest absolute Gasteiger partial charge is 0.337 e. The topological polar surface area (TPSA) is 83.0 Å². The first kappa shape index (κ1) is 21.5.